The Morgan fingerprint density at radius 2 is 2.11 bits per heavy atom. The zero-order chi connectivity index (χ0) is 13.9. The number of aromatic nitrogens is 3. The number of aliphatic hydroxyl groups excluding tert-OH is 1. The van der Waals surface area contributed by atoms with Crippen molar-refractivity contribution in [2.45, 2.75) is 51.1 Å². The number of aliphatic hydroxyl groups is 1. The molecule has 0 aromatic carbocycles. The molecule has 0 spiro atoms. The molecule has 0 saturated heterocycles. The van der Waals surface area contributed by atoms with Crippen molar-refractivity contribution in [2.24, 2.45) is 5.92 Å². The fraction of sp³-hybridized carbons (Fsp3) is 0.750. The molecular weight excluding hydrogens is 254 g/mol. The Kier molecular flexibility index (Phi) is 4.87. The number of alkyl halides is 1. The first-order valence-electron chi connectivity index (χ1n) is 5.97. The molecule has 0 aliphatic carbocycles. The minimum Gasteiger partial charge on any atom is -0.389 e. The molecule has 1 aromatic rings. The summed E-state index contributed by atoms with van der Waals surface area (Å²) in [7, 11) is 0. The number of ketones is 1. The van der Waals surface area contributed by atoms with Gasteiger partial charge in [0.2, 0.25) is 0 Å². The van der Waals surface area contributed by atoms with Crippen LogP contribution in [0.25, 0.3) is 0 Å². The van der Waals surface area contributed by atoms with Gasteiger partial charge in [-0.25, -0.2) is 9.67 Å². The van der Waals surface area contributed by atoms with Crippen molar-refractivity contribution < 1.29 is 9.90 Å². The van der Waals surface area contributed by atoms with Crippen LogP contribution in [0.3, 0.4) is 0 Å². The van der Waals surface area contributed by atoms with Crippen molar-refractivity contribution in [3.63, 3.8) is 0 Å². The Bertz CT molecular complexity index is 385. The van der Waals surface area contributed by atoms with Gasteiger partial charge < -0.3 is 5.11 Å². The van der Waals surface area contributed by atoms with Crippen LogP contribution in [0.1, 0.15) is 40.2 Å². The lowest BCUT2D eigenvalue weighted by molar-refractivity contribution is -0.127. The van der Waals surface area contributed by atoms with Crippen LogP contribution in [0, 0.1) is 5.92 Å². The second kappa shape index (κ2) is 5.80. The SMILES string of the molecule is CC(C)CC(=O)C(C(O)C(C)(C)Cl)n1cncn1. The molecule has 102 valence electrons. The molecule has 2 atom stereocenters. The zero-order valence-electron chi connectivity index (χ0n) is 11.2. The molecule has 2 unspecified atom stereocenters. The number of hydrogen-bond acceptors (Lipinski definition) is 4. The van der Waals surface area contributed by atoms with Crippen molar-refractivity contribution >= 4 is 17.4 Å². The van der Waals surface area contributed by atoms with Crippen molar-refractivity contribution in [3.05, 3.63) is 12.7 Å². The highest BCUT2D eigenvalue weighted by molar-refractivity contribution is 6.24. The summed E-state index contributed by atoms with van der Waals surface area (Å²) in [6.45, 7) is 7.25. The first kappa shape index (κ1) is 15.1. The lowest BCUT2D eigenvalue weighted by atomic mass is 9.92. The molecule has 1 aromatic heterocycles. The lowest BCUT2D eigenvalue weighted by Gasteiger charge is -2.30. The van der Waals surface area contributed by atoms with E-state index in [1.807, 2.05) is 13.8 Å². The van der Waals surface area contributed by atoms with Crippen molar-refractivity contribution in [3.8, 4) is 0 Å². The van der Waals surface area contributed by atoms with Gasteiger partial charge in [-0.3, -0.25) is 4.79 Å². The van der Waals surface area contributed by atoms with Crippen molar-refractivity contribution in [2.75, 3.05) is 0 Å². The number of hydrogen-bond donors (Lipinski definition) is 1. The molecule has 18 heavy (non-hydrogen) atoms. The third-order valence-corrected chi connectivity index (χ3v) is 2.89. The van der Waals surface area contributed by atoms with E-state index >= 15 is 0 Å². The van der Waals surface area contributed by atoms with Gasteiger partial charge in [-0.15, -0.1) is 11.6 Å². The van der Waals surface area contributed by atoms with E-state index in [4.69, 9.17) is 11.6 Å². The lowest BCUT2D eigenvalue weighted by Crippen LogP contribution is -2.42. The van der Waals surface area contributed by atoms with Gasteiger partial charge in [0.25, 0.3) is 0 Å². The highest BCUT2D eigenvalue weighted by Crippen LogP contribution is 2.28. The summed E-state index contributed by atoms with van der Waals surface area (Å²) in [4.78, 5) is 15.1. The first-order chi connectivity index (χ1) is 8.23. The second-order valence-electron chi connectivity index (χ2n) is 5.39. The highest BCUT2D eigenvalue weighted by Gasteiger charge is 2.38. The number of halogens is 1. The van der Waals surface area contributed by atoms with E-state index in [0.29, 0.717) is 6.42 Å². The predicted molar refractivity (Wildman–Crippen MR) is 69.5 cm³/mol. The average molecular weight is 274 g/mol. The Balaban J connectivity index is 3.00. The standard InChI is InChI=1S/C12H20ClN3O2/c1-8(2)5-9(17)10(11(18)12(3,4)13)16-7-14-6-15-16/h6-8,10-11,18H,5H2,1-4H3. The molecule has 0 aliphatic heterocycles. The Hall–Kier alpha value is -0.940. The van der Waals surface area contributed by atoms with E-state index in [9.17, 15) is 9.90 Å². The highest BCUT2D eigenvalue weighted by atomic mass is 35.5. The summed E-state index contributed by atoms with van der Waals surface area (Å²) in [5.41, 5.74) is 0. The maximum absolute atomic E-state index is 12.2. The average Bonchev–Trinajstić information content (AvgIpc) is 2.68. The zero-order valence-corrected chi connectivity index (χ0v) is 11.9. The topological polar surface area (TPSA) is 68.0 Å². The molecular formula is C12H20ClN3O2. The summed E-state index contributed by atoms with van der Waals surface area (Å²) in [6, 6.07) is -0.789. The summed E-state index contributed by atoms with van der Waals surface area (Å²) in [5, 5.41) is 14.2. The third-order valence-electron chi connectivity index (χ3n) is 2.66. The molecule has 5 nitrogen and oxygen atoms in total. The van der Waals surface area contributed by atoms with Crippen LogP contribution in [0.5, 0.6) is 0 Å². The van der Waals surface area contributed by atoms with Gasteiger partial charge in [-0.1, -0.05) is 13.8 Å². The van der Waals surface area contributed by atoms with E-state index in [0.717, 1.165) is 0 Å². The maximum Gasteiger partial charge on any atom is 0.160 e. The third kappa shape index (κ3) is 3.78. The second-order valence-corrected chi connectivity index (χ2v) is 6.37. The summed E-state index contributed by atoms with van der Waals surface area (Å²) >= 11 is 6.11. The number of carbonyl (C=O) groups excluding carboxylic acids is 1. The van der Waals surface area contributed by atoms with Crippen LogP contribution in [0.2, 0.25) is 0 Å². The molecule has 6 heteroatoms. The Morgan fingerprint density at radius 3 is 2.50 bits per heavy atom. The minimum atomic E-state index is -1.02. The van der Waals surface area contributed by atoms with Gasteiger partial charge in [0, 0.05) is 6.42 Å². The van der Waals surface area contributed by atoms with Crippen LogP contribution in [-0.2, 0) is 4.79 Å². The molecule has 1 N–H and O–H groups in total. The Morgan fingerprint density at radius 1 is 1.50 bits per heavy atom. The normalized spacial score (nSPS) is 15.7. The van der Waals surface area contributed by atoms with Crippen LogP contribution in [0.4, 0.5) is 0 Å². The number of rotatable bonds is 6. The summed E-state index contributed by atoms with van der Waals surface area (Å²) < 4.78 is 1.37. The Labute approximate surface area is 112 Å². The fourth-order valence-electron chi connectivity index (χ4n) is 1.73. The van der Waals surface area contributed by atoms with E-state index in [2.05, 4.69) is 10.1 Å². The van der Waals surface area contributed by atoms with Gasteiger partial charge in [0.1, 0.15) is 24.8 Å². The van der Waals surface area contributed by atoms with Gasteiger partial charge in [-0.2, -0.15) is 5.10 Å². The molecule has 1 heterocycles. The molecule has 0 aliphatic rings. The molecule has 0 saturated carbocycles. The van der Waals surface area contributed by atoms with Crippen LogP contribution < -0.4 is 0 Å². The van der Waals surface area contributed by atoms with Crippen LogP contribution in [0.15, 0.2) is 12.7 Å². The van der Waals surface area contributed by atoms with E-state index in [1.54, 1.807) is 13.8 Å². The van der Waals surface area contributed by atoms with Crippen LogP contribution >= 0.6 is 11.6 Å². The van der Waals surface area contributed by atoms with Crippen molar-refractivity contribution in [1.82, 2.24) is 14.8 Å². The smallest absolute Gasteiger partial charge is 0.160 e. The molecule has 0 bridgehead atoms. The largest absolute Gasteiger partial charge is 0.389 e. The van der Waals surface area contributed by atoms with Gasteiger partial charge in [0.05, 0.1) is 4.87 Å². The van der Waals surface area contributed by atoms with E-state index in [1.165, 1.54) is 17.3 Å². The van der Waals surface area contributed by atoms with Crippen LogP contribution in [-0.4, -0.2) is 36.6 Å². The monoisotopic (exact) mass is 273 g/mol. The molecule has 0 radical (unpaired) electrons. The molecule has 1 rings (SSSR count). The van der Waals surface area contributed by atoms with Gasteiger partial charge >= 0.3 is 0 Å². The van der Waals surface area contributed by atoms with E-state index < -0.39 is 17.0 Å². The molecule has 0 amide bonds. The summed E-state index contributed by atoms with van der Waals surface area (Å²) in [5.74, 6) is 0.130. The van der Waals surface area contributed by atoms with E-state index in [-0.39, 0.29) is 11.7 Å². The van der Waals surface area contributed by atoms with Gasteiger partial charge in [0.15, 0.2) is 5.78 Å². The maximum atomic E-state index is 12.2. The quantitative estimate of drug-likeness (QED) is 0.803. The van der Waals surface area contributed by atoms with Crippen molar-refractivity contribution in [1.29, 1.82) is 0 Å². The number of nitrogens with zero attached hydrogens (tertiary/aromatic N) is 3. The first-order valence-corrected chi connectivity index (χ1v) is 6.35. The fourth-order valence-corrected chi connectivity index (χ4v) is 1.85. The minimum absolute atomic E-state index is 0.0864. The van der Waals surface area contributed by atoms with Gasteiger partial charge in [-0.05, 0) is 19.8 Å². The molecule has 0 fully saturated rings. The number of Topliss-reactive ketones (excluding diaryl/α,β-unsaturated/α-hetero) is 1. The summed E-state index contributed by atoms with van der Waals surface area (Å²) in [6.07, 6.45) is 2.11. The number of carbonyl (C=O) groups is 1. The predicted octanol–water partition coefficient (Wildman–Crippen LogP) is 1.81.